The number of amides is 1. The Kier molecular flexibility index (Phi) is 8.15. The first-order chi connectivity index (χ1) is 24.9. The van der Waals surface area contributed by atoms with Crippen molar-refractivity contribution in [3.63, 3.8) is 0 Å². The molecule has 4 aliphatic carbocycles. The Morgan fingerprint density at radius 3 is 2.57 bits per heavy atom. The summed E-state index contributed by atoms with van der Waals surface area (Å²) in [5.41, 5.74) is 4.94. The molecule has 2 N–H and O–H groups in total. The van der Waals surface area contributed by atoms with Gasteiger partial charge in [0.1, 0.15) is 5.82 Å². The molecular formula is C40H42N6O4S. The molecule has 0 spiro atoms. The normalized spacial score (nSPS) is 24.9. The Hall–Kier alpha value is -4.61. The van der Waals surface area contributed by atoms with Crippen LogP contribution in [-0.4, -0.2) is 57.0 Å². The third-order valence-electron chi connectivity index (χ3n) is 12.4. The quantitative estimate of drug-likeness (QED) is 0.153. The summed E-state index contributed by atoms with van der Waals surface area (Å²) in [6.45, 7) is 2.69. The molecule has 1 amide bonds. The van der Waals surface area contributed by atoms with E-state index in [1.54, 1.807) is 13.3 Å². The van der Waals surface area contributed by atoms with Crippen molar-refractivity contribution in [2.75, 3.05) is 30.5 Å². The topological polar surface area (TPSA) is 122 Å². The zero-order valence-corrected chi connectivity index (χ0v) is 29.6. The minimum atomic E-state index is -1.08. The van der Waals surface area contributed by atoms with Crippen molar-refractivity contribution < 1.29 is 19.4 Å². The van der Waals surface area contributed by atoms with Crippen LogP contribution >= 0.6 is 11.3 Å². The zero-order valence-electron chi connectivity index (χ0n) is 28.8. The van der Waals surface area contributed by atoms with E-state index in [0.717, 1.165) is 58.3 Å². The molecule has 4 bridgehead atoms. The van der Waals surface area contributed by atoms with Crippen molar-refractivity contribution >= 4 is 44.4 Å². The average molecular weight is 703 g/mol. The van der Waals surface area contributed by atoms with E-state index in [2.05, 4.69) is 25.9 Å². The monoisotopic (exact) mass is 702 g/mol. The number of carbonyl (C=O) groups is 2. The fourth-order valence-corrected chi connectivity index (χ4v) is 11.0. The van der Waals surface area contributed by atoms with Crippen LogP contribution in [0.3, 0.4) is 0 Å². The van der Waals surface area contributed by atoms with Crippen molar-refractivity contribution in [1.29, 1.82) is 0 Å². The van der Waals surface area contributed by atoms with E-state index in [-0.39, 0.29) is 17.0 Å². The van der Waals surface area contributed by atoms with Gasteiger partial charge in [-0.05, 0) is 115 Å². The summed E-state index contributed by atoms with van der Waals surface area (Å²) in [6, 6.07) is 17.4. The van der Waals surface area contributed by atoms with Crippen LogP contribution in [0.15, 0.2) is 67.0 Å². The molecule has 51 heavy (non-hydrogen) atoms. The highest BCUT2D eigenvalue weighted by Gasteiger charge is 2.56. The summed E-state index contributed by atoms with van der Waals surface area (Å²) in [6.07, 6.45) is 12.2. The predicted molar refractivity (Wildman–Crippen MR) is 197 cm³/mol. The van der Waals surface area contributed by atoms with Crippen LogP contribution < -0.4 is 10.2 Å². The first kappa shape index (κ1) is 32.3. The van der Waals surface area contributed by atoms with Crippen molar-refractivity contribution in [2.45, 2.75) is 58.0 Å². The Labute approximate surface area is 300 Å². The summed E-state index contributed by atoms with van der Waals surface area (Å²) < 4.78 is 8.70. The minimum Gasteiger partial charge on any atom is -0.476 e. The maximum atomic E-state index is 13.6. The van der Waals surface area contributed by atoms with Gasteiger partial charge in [-0.1, -0.05) is 35.6 Å². The van der Waals surface area contributed by atoms with Gasteiger partial charge in [0, 0.05) is 56.2 Å². The van der Waals surface area contributed by atoms with Crippen molar-refractivity contribution in [2.24, 2.45) is 29.1 Å². The second-order valence-corrected chi connectivity index (χ2v) is 16.2. The fraction of sp³-hybridized carbons (Fsp3) is 0.425. The van der Waals surface area contributed by atoms with Crippen LogP contribution in [0.4, 0.5) is 10.9 Å². The van der Waals surface area contributed by atoms with Gasteiger partial charge in [0.2, 0.25) is 0 Å². The highest BCUT2D eigenvalue weighted by Crippen LogP contribution is 2.64. The van der Waals surface area contributed by atoms with Crippen LogP contribution in [0, 0.1) is 29.1 Å². The Morgan fingerprint density at radius 1 is 1.00 bits per heavy atom. The highest BCUT2D eigenvalue weighted by molar-refractivity contribution is 7.22. The average Bonchev–Trinajstić information content (AvgIpc) is 3.78. The number of anilines is 2. The molecular weight excluding hydrogens is 661 g/mol. The van der Waals surface area contributed by atoms with Crippen LogP contribution in [0.1, 0.15) is 70.5 Å². The number of benzene rings is 2. The van der Waals surface area contributed by atoms with E-state index in [9.17, 15) is 14.7 Å². The molecule has 262 valence electrons. The van der Waals surface area contributed by atoms with E-state index >= 15 is 0 Å². The zero-order chi connectivity index (χ0) is 34.7. The number of methoxy groups -OCH3 is 1. The second-order valence-electron chi connectivity index (χ2n) is 15.1. The van der Waals surface area contributed by atoms with Gasteiger partial charge >= 0.3 is 5.97 Å². The molecule has 5 aromatic rings. The lowest BCUT2D eigenvalue weighted by atomic mass is 9.44. The van der Waals surface area contributed by atoms with E-state index in [4.69, 9.17) is 14.8 Å². The second kappa shape index (κ2) is 12.9. The van der Waals surface area contributed by atoms with Gasteiger partial charge in [-0.3, -0.25) is 14.8 Å². The molecule has 4 fully saturated rings. The fourth-order valence-electron chi connectivity index (χ4n) is 10.2. The standard InChI is InChI=1S/C40H42N6O4S/c1-50-14-12-40(28-16-24-15-25(18-28)19-29(40)17-24)23-46-21-27(20-41-46)30-9-10-35(43-36(30)38(48)49)45-13-11-26-5-4-6-31(32(26)22-45)37(47)44-39-42-33-7-2-3-8-34(33)51-39/h2-10,20-21,24-25,28-29H,11-19,22-23H2,1H3,(H,48,49)(H,42,44,47). The third-order valence-corrected chi connectivity index (χ3v) is 13.3. The van der Waals surface area contributed by atoms with Crippen LogP contribution in [-0.2, 0) is 24.2 Å². The van der Waals surface area contributed by atoms with Gasteiger partial charge in [-0.2, -0.15) is 5.10 Å². The number of rotatable bonds is 10. The van der Waals surface area contributed by atoms with Gasteiger partial charge in [-0.25, -0.2) is 14.8 Å². The number of pyridine rings is 1. The molecule has 5 aliphatic rings. The van der Waals surface area contributed by atoms with Crippen molar-refractivity contribution in [3.05, 3.63) is 89.4 Å². The SMILES string of the molecule is COCCC1(Cn2cc(-c3ccc(N4CCc5cccc(C(=O)Nc6nc7ccccc7s6)c5C4)nc3C(=O)O)cn2)C2CC3CC(C2)CC1C3. The molecule has 0 radical (unpaired) electrons. The van der Waals surface area contributed by atoms with Gasteiger partial charge < -0.3 is 14.7 Å². The van der Waals surface area contributed by atoms with Crippen LogP contribution in [0.2, 0.25) is 0 Å². The number of carbonyl (C=O) groups excluding carboxylic acids is 1. The number of hydrogen-bond donors (Lipinski definition) is 2. The molecule has 2 aromatic carbocycles. The number of thiazole rings is 1. The number of carboxylic acid groups (broad SMARTS) is 1. The summed E-state index contributed by atoms with van der Waals surface area (Å²) in [5, 5.41) is 18.7. The number of para-hydroxylation sites is 1. The third kappa shape index (κ3) is 5.80. The lowest BCUT2D eigenvalue weighted by molar-refractivity contribution is -0.130. The number of aromatic nitrogens is 4. The highest BCUT2D eigenvalue weighted by atomic mass is 32.1. The molecule has 0 unspecified atom stereocenters. The maximum absolute atomic E-state index is 13.6. The molecule has 1 aliphatic heterocycles. The summed E-state index contributed by atoms with van der Waals surface area (Å²) in [4.78, 5) is 37.6. The number of aromatic carboxylic acids is 1. The van der Waals surface area contributed by atoms with E-state index in [0.29, 0.717) is 53.4 Å². The smallest absolute Gasteiger partial charge is 0.355 e. The van der Waals surface area contributed by atoms with Crippen LogP contribution in [0.5, 0.6) is 0 Å². The largest absolute Gasteiger partial charge is 0.476 e. The van der Waals surface area contributed by atoms with Gasteiger partial charge in [0.05, 0.1) is 16.4 Å². The summed E-state index contributed by atoms with van der Waals surface area (Å²) in [7, 11) is 1.80. The first-order valence-electron chi connectivity index (χ1n) is 18.2. The molecule has 10 rings (SSSR count). The van der Waals surface area contributed by atoms with Crippen molar-refractivity contribution in [1.82, 2.24) is 19.7 Å². The molecule has 11 heteroatoms. The molecule has 4 saturated carbocycles. The van der Waals surface area contributed by atoms with Crippen molar-refractivity contribution in [3.8, 4) is 11.1 Å². The maximum Gasteiger partial charge on any atom is 0.355 e. The predicted octanol–water partition coefficient (Wildman–Crippen LogP) is 7.55. The minimum absolute atomic E-state index is 0.00318. The van der Waals surface area contributed by atoms with E-state index < -0.39 is 5.97 Å². The summed E-state index contributed by atoms with van der Waals surface area (Å²) in [5.74, 6) is 2.42. The number of carboxylic acids is 1. The van der Waals surface area contributed by atoms with E-state index in [1.165, 1.54) is 43.4 Å². The molecule has 0 saturated heterocycles. The van der Waals surface area contributed by atoms with Gasteiger partial charge in [0.15, 0.2) is 10.8 Å². The Morgan fingerprint density at radius 2 is 1.80 bits per heavy atom. The molecule has 10 nitrogen and oxygen atoms in total. The first-order valence-corrected chi connectivity index (χ1v) is 19.0. The number of hydrogen-bond acceptors (Lipinski definition) is 8. The van der Waals surface area contributed by atoms with Gasteiger partial charge in [-0.15, -0.1) is 0 Å². The number of fused-ring (bicyclic) bond motifs is 2. The van der Waals surface area contributed by atoms with Crippen LogP contribution in [0.25, 0.3) is 21.3 Å². The molecule has 3 aromatic heterocycles. The number of ether oxygens (including phenoxy) is 1. The Bertz CT molecular complexity index is 2080. The lowest BCUT2D eigenvalue weighted by Gasteiger charge is -2.61. The number of nitrogens with one attached hydrogen (secondary N) is 1. The number of nitrogens with zero attached hydrogens (tertiary/aromatic N) is 5. The Balaban J connectivity index is 0.958. The van der Waals surface area contributed by atoms with Gasteiger partial charge in [0.25, 0.3) is 5.91 Å². The lowest BCUT2D eigenvalue weighted by Crippen LogP contribution is -2.55. The molecule has 4 heterocycles. The van der Waals surface area contributed by atoms with E-state index in [1.807, 2.05) is 54.7 Å². The summed E-state index contributed by atoms with van der Waals surface area (Å²) >= 11 is 1.45. The molecule has 0 atom stereocenters.